The van der Waals surface area contributed by atoms with Gasteiger partial charge in [-0.1, -0.05) is 0 Å². The van der Waals surface area contributed by atoms with Gasteiger partial charge in [-0.05, 0) is 0 Å². The Morgan fingerprint density at radius 3 is 2.71 bits per heavy atom. The lowest BCUT2D eigenvalue weighted by molar-refractivity contribution is -0.149. The molecule has 6 heteroatoms. The van der Waals surface area contributed by atoms with Crippen molar-refractivity contribution in [3.8, 4) is 0 Å². The number of ether oxygens (including phenoxy) is 1. The Morgan fingerprint density at radius 1 is 1.50 bits per heavy atom. The maximum Gasteiger partial charge on any atom is 0.331 e. The number of carboxylic acid groups (broad SMARTS) is 1. The van der Waals surface area contributed by atoms with Crippen LogP contribution in [0.4, 0.5) is 0 Å². The number of aliphatic carboxylic acids is 1. The molecule has 0 aromatic heterocycles. The van der Waals surface area contributed by atoms with E-state index >= 15 is 0 Å². The minimum atomic E-state index is -1.24. The SMILES string of the molecule is O=C(O)/C=C/C(=O)OC1CCNC1=O. The lowest BCUT2D eigenvalue weighted by atomic mass is 10.3. The summed E-state index contributed by atoms with van der Waals surface area (Å²) in [5, 5.41) is 10.7. The van der Waals surface area contributed by atoms with Crippen molar-refractivity contribution in [3.05, 3.63) is 12.2 Å². The molecule has 1 aliphatic heterocycles. The van der Waals surface area contributed by atoms with Crippen LogP contribution in [0, 0.1) is 0 Å². The summed E-state index contributed by atoms with van der Waals surface area (Å²) >= 11 is 0. The molecule has 76 valence electrons. The second-order valence-corrected chi connectivity index (χ2v) is 2.68. The van der Waals surface area contributed by atoms with Crippen LogP contribution in [0.25, 0.3) is 0 Å². The second kappa shape index (κ2) is 4.40. The Kier molecular flexibility index (Phi) is 3.22. The molecule has 0 spiro atoms. The quantitative estimate of drug-likeness (QED) is 0.452. The van der Waals surface area contributed by atoms with Gasteiger partial charge in [0.25, 0.3) is 5.91 Å². The molecule has 0 radical (unpaired) electrons. The van der Waals surface area contributed by atoms with Gasteiger partial charge < -0.3 is 15.2 Å². The van der Waals surface area contributed by atoms with Crippen molar-refractivity contribution in [3.63, 3.8) is 0 Å². The van der Waals surface area contributed by atoms with Gasteiger partial charge in [-0.3, -0.25) is 4.79 Å². The molecule has 1 unspecified atom stereocenters. The number of nitrogens with one attached hydrogen (secondary N) is 1. The van der Waals surface area contributed by atoms with Crippen molar-refractivity contribution < 1.29 is 24.2 Å². The van der Waals surface area contributed by atoms with Crippen LogP contribution >= 0.6 is 0 Å². The summed E-state index contributed by atoms with van der Waals surface area (Å²) in [4.78, 5) is 31.8. The number of hydrogen-bond donors (Lipinski definition) is 2. The molecule has 1 rings (SSSR count). The van der Waals surface area contributed by atoms with Gasteiger partial charge in [-0.2, -0.15) is 0 Å². The van der Waals surface area contributed by atoms with Crippen molar-refractivity contribution in [2.45, 2.75) is 12.5 Å². The number of esters is 1. The van der Waals surface area contributed by atoms with E-state index in [4.69, 9.17) is 5.11 Å². The summed E-state index contributed by atoms with van der Waals surface area (Å²) in [5.41, 5.74) is 0. The summed E-state index contributed by atoms with van der Waals surface area (Å²) in [5.74, 6) is -2.41. The summed E-state index contributed by atoms with van der Waals surface area (Å²) in [7, 11) is 0. The number of carboxylic acids is 1. The predicted molar refractivity (Wildman–Crippen MR) is 44.3 cm³/mol. The number of rotatable bonds is 3. The highest BCUT2D eigenvalue weighted by atomic mass is 16.5. The summed E-state index contributed by atoms with van der Waals surface area (Å²) < 4.78 is 4.67. The van der Waals surface area contributed by atoms with Gasteiger partial charge >= 0.3 is 11.9 Å². The van der Waals surface area contributed by atoms with Gasteiger partial charge in [0.15, 0.2) is 6.10 Å². The van der Waals surface area contributed by atoms with Crippen LogP contribution < -0.4 is 5.32 Å². The highest BCUT2D eigenvalue weighted by Gasteiger charge is 2.26. The van der Waals surface area contributed by atoms with Gasteiger partial charge in [-0.25, -0.2) is 9.59 Å². The Morgan fingerprint density at radius 2 is 2.21 bits per heavy atom. The Bertz CT molecular complexity index is 296. The molecular formula is C8H9NO5. The molecule has 0 aliphatic carbocycles. The minimum absolute atomic E-state index is 0.345. The standard InChI is InChI=1S/C8H9NO5/c10-6(11)1-2-7(12)14-5-3-4-9-8(5)13/h1-2,5H,3-4H2,(H,9,13)(H,10,11)/b2-1+. The Balaban J connectivity index is 2.40. The lowest BCUT2D eigenvalue weighted by Gasteiger charge is -2.05. The van der Waals surface area contributed by atoms with Crippen molar-refractivity contribution in [2.75, 3.05) is 6.54 Å². The molecule has 0 aromatic rings. The average Bonchev–Trinajstić information content (AvgIpc) is 2.49. The van der Waals surface area contributed by atoms with E-state index in [2.05, 4.69) is 10.1 Å². The van der Waals surface area contributed by atoms with Crippen LogP contribution in [0.2, 0.25) is 0 Å². The zero-order chi connectivity index (χ0) is 10.6. The molecule has 0 bridgehead atoms. The molecule has 0 saturated carbocycles. The molecular weight excluding hydrogens is 190 g/mol. The molecule has 14 heavy (non-hydrogen) atoms. The normalized spacial score (nSPS) is 20.9. The van der Waals surface area contributed by atoms with E-state index < -0.39 is 18.0 Å². The number of carbonyl (C=O) groups is 3. The van der Waals surface area contributed by atoms with Crippen LogP contribution in [0.15, 0.2) is 12.2 Å². The summed E-state index contributed by atoms with van der Waals surface area (Å²) in [6.07, 6.45) is 1.06. The first kappa shape index (κ1) is 10.2. The summed E-state index contributed by atoms with van der Waals surface area (Å²) in [6, 6.07) is 0. The molecule has 1 fully saturated rings. The van der Waals surface area contributed by atoms with E-state index in [9.17, 15) is 14.4 Å². The van der Waals surface area contributed by atoms with Crippen LogP contribution in [0.3, 0.4) is 0 Å². The van der Waals surface area contributed by atoms with Crippen LogP contribution in [-0.4, -0.2) is 35.6 Å². The first-order chi connectivity index (χ1) is 6.59. The van der Waals surface area contributed by atoms with Crippen LogP contribution in [0.1, 0.15) is 6.42 Å². The number of carbonyl (C=O) groups excluding carboxylic acids is 2. The second-order valence-electron chi connectivity index (χ2n) is 2.68. The number of amides is 1. The number of hydrogen-bond acceptors (Lipinski definition) is 4. The first-order valence-corrected chi connectivity index (χ1v) is 3.99. The third kappa shape index (κ3) is 2.89. The Hall–Kier alpha value is -1.85. The maximum atomic E-state index is 10.9. The molecule has 0 aromatic carbocycles. The molecule has 6 nitrogen and oxygen atoms in total. The topological polar surface area (TPSA) is 92.7 Å². The van der Waals surface area contributed by atoms with E-state index in [1.807, 2.05) is 0 Å². The first-order valence-electron chi connectivity index (χ1n) is 3.99. The van der Waals surface area contributed by atoms with Crippen LogP contribution in [-0.2, 0) is 19.1 Å². The van der Waals surface area contributed by atoms with E-state index in [1.165, 1.54) is 0 Å². The fourth-order valence-corrected chi connectivity index (χ4v) is 1.00. The fraction of sp³-hybridized carbons (Fsp3) is 0.375. The van der Waals surface area contributed by atoms with Gasteiger partial charge in [0.05, 0.1) is 0 Å². The van der Waals surface area contributed by atoms with Gasteiger partial charge in [0.2, 0.25) is 0 Å². The molecule has 1 saturated heterocycles. The Labute approximate surface area is 79.5 Å². The monoisotopic (exact) mass is 199 g/mol. The smallest absolute Gasteiger partial charge is 0.331 e. The molecule has 2 N–H and O–H groups in total. The zero-order valence-electron chi connectivity index (χ0n) is 7.23. The highest BCUT2D eigenvalue weighted by Crippen LogP contribution is 2.05. The largest absolute Gasteiger partial charge is 0.478 e. The van der Waals surface area contributed by atoms with E-state index in [-0.39, 0.29) is 5.91 Å². The highest BCUT2D eigenvalue weighted by molar-refractivity contribution is 5.92. The van der Waals surface area contributed by atoms with Crippen LogP contribution in [0.5, 0.6) is 0 Å². The maximum absolute atomic E-state index is 10.9. The lowest BCUT2D eigenvalue weighted by Crippen LogP contribution is -2.27. The van der Waals surface area contributed by atoms with Crippen molar-refractivity contribution in [1.29, 1.82) is 0 Å². The molecule has 1 amide bonds. The third-order valence-electron chi connectivity index (χ3n) is 1.62. The average molecular weight is 199 g/mol. The molecule has 1 heterocycles. The van der Waals surface area contributed by atoms with E-state index in [1.54, 1.807) is 0 Å². The third-order valence-corrected chi connectivity index (χ3v) is 1.62. The van der Waals surface area contributed by atoms with Gasteiger partial charge in [0.1, 0.15) is 0 Å². The van der Waals surface area contributed by atoms with E-state index in [0.29, 0.717) is 19.0 Å². The molecule has 1 atom stereocenters. The zero-order valence-corrected chi connectivity index (χ0v) is 7.23. The molecule has 1 aliphatic rings. The van der Waals surface area contributed by atoms with Crippen molar-refractivity contribution in [1.82, 2.24) is 5.32 Å². The summed E-state index contributed by atoms with van der Waals surface area (Å²) in [6.45, 7) is 0.472. The van der Waals surface area contributed by atoms with Gasteiger partial charge in [-0.15, -0.1) is 0 Å². The fourth-order valence-electron chi connectivity index (χ4n) is 1.00. The minimum Gasteiger partial charge on any atom is -0.478 e. The van der Waals surface area contributed by atoms with Crippen molar-refractivity contribution >= 4 is 17.8 Å². The van der Waals surface area contributed by atoms with Crippen molar-refractivity contribution in [2.24, 2.45) is 0 Å². The van der Waals surface area contributed by atoms with E-state index in [0.717, 1.165) is 6.08 Å². The predicted octanol–water partition coefficient (Wildman–Crippen LogP) is -0.941. The van der Waals surface area contributed by atoms with Gasteiger partial charge in [0, 0.05) is 25.1 Å².